The monoisotopic (exact) mass is 384 g/mol. The van der Waals surface area contributed by atoms with Gasteiger partial charge in [0.2, 0.25) is 0 Å². The predicted molar refractivity (Wildman–Crippen MR) is 102 cm³/mol. The molecule has 0 radical (unpaired) electrons. The van der Waals surface area contributed by atoms with Crippen molar-refractivity contribution in [2.75, 3.05) is 0 Å². The molecule has 0 fully saturated rings. The summed E-state index contributed by atoms with van der Waals surface area (Å²) in [6.07, 6.45) is 4.32. The molecule has 3 aromatic rings. The number of aliphatic carboxylic acids is 1. The van der Waals surface area contributed by atoms with Gasteiger partial charge in [-0.1, -0.05) is 29.8 Å². The SMILES string of the molecule is O=C(O)/C(=C\c1ccc(-c2ccccc2Cl)s1)NC(=O)c1cccnc1. The molecule has 26 heavy (non-hydrogen) atoms. The molecule has 0 aliphatic rings. The third-order valence-corrected chi connectivity index (χ3v) is 4.85. The Morgan fingerprint density at radius 2 is 1.92 bits per heavy atom. The maximum Gasteiger partial charge on any atom is 0.352 e. The zero-order valence-corrected chi connectivity index (χ0v) is 14.9. The molecule has 0 bridgehead atoms. The van der Waals surface area contributed by atoms with Crippen LogP contribution in [0.3, 0.4) is 0 Å². The number of halogens is 1. The number of hydrogen-bond donors (Lipinski definition) is 2. The molecule has 0 saturated carbocycles. The van der Waals surface area contributed by atoms with Crippen LogP contribution in [-0.4, -0.2) is 22.0 Å². The molecule has 0 aliphatic heterocycles. The van der Waals surface area contributed by atoms with Crippen LogP contribution in [0.4, 0.5) is 0 Å². The molecule has 5 nitrogen and oxygen atoms in total. The van der Waals surface area contributed by atoms with Crippen molar-refractivity contribution in [3.8, 4) is 10.4 Å². The number of carbonyl (C=O) groups excluding carboxylic acids is 1. The Morgan fingerprint density at radius 1 is 1.12 bits per heavy atom. The number of nitrogens with zero attached hydrogens (tertiary/aromatic N) is 1. The van der Waals surface area contributed by atoms with Crippen LogP contribution in [0.1, 0.15) is 15.2 Å². The molecule has 0 unspecified atom stereocenters. The van der Waals surface area contributed by atoms with Crippen LogP contribution in [-0.2, 0) is 4.79 Å². The molecule has 0 spiro atoms. The standard InChI is InChI=1S/C19H13ClN2O3S/c20-15-6-2-1-5-14(15)17-8-7-13(26-17)10-16(19(24)25)22-18(23)12-4-3-9-21-11-12/h1-11H,(H,22,23)(H,24,25)/b16-10+. The van der Waals surface area contributed by atoms with Crippen molar-refractivity contribution in [1.82, 2.24) is 10.3 Å². The molecule has 0 saturated heterocycles. The molecule has 3 rings (SSSR count). The molecule has 7 heteroatoms. The number of hydrogen-bond acceptors (Lipinski definition) is 4. The van der Waals surface area contributed by atoms with E-state index >= 15 is 0 Å². The van der Waals surface area contributed by atoms with E-state index in [0.29, 0.717) is 9.90 Å². The second-order valence-electron chi connectivity index (χ2n) is 5.24. The fraction of sp³-hybridized carbons (Fsp3) is 0. The van der Waals surface area contributed by atoms with Gasteiger partial charge in [0.1, 0.15) is 5.70 Å². The van der Waals surface area contributed by atoms with Crippen molar-refractivity contribution >= 4 is 40.9 Å². The van der Waals surface area contributed by atoms with Crippen molar-refractivity contribution in [3.63, 3.8) is 0 Å². The number of carboxylic acid groups (broad SMARTS) is 1. The number of rotatable bonds is 5. The highest BCUT2D eigenvalue weighted by Gasteiger charge is 2.14. The van der Waals surface area contributed by atoms with Gasteiger partial charge in [-0.3, -0.25) is 9.78 Å². The van der Waals surface area contributed by atoms with Crippen LogP contribution in [0.2, 0.25) is 5.02 Å². The zero-order valence-electron chi connectivity index (χ0n) is 13.3. The van der Waals surface area contributed by atoms with Crippen molar-refractivity contribution in [2.24, 2.45) is 0 Å². The molecule has 0 aliphatic carbocycles. The van der Waals surface area contributed by atoms with Crippen LogP contribution < -0.4 is 5.32 Å². The van der Waals surface area contributed by atoms with E-state index in [1.54, 1.807) is 24.3 Å². The highest BCUT2D eigenvalue weighted by molar-refractivity contribution is 7.16. The molecule has 1 aromatic carbocycles. The maximum absolute atomic E-state index is 12.2. The van der Waals surface area contributed by atoms with Crippen LogP contribution in [0.15, 0.2) is 66.6 Å². The van der Waals surface area contributed by atoms with E-state index in [-0.39, 0.29) is 11.3 Å². The van der Waals surface area contributed by atoms with Gasteiger partial charge in [0.25, 0.3) is 5.91 Å². The summed E-state index contributed by atoms with van der Waals surface area (Å²) in [5.74, 6) is -1.76. The van der Waals surface area contributed by atoms with Crippen LogP contribution >= 0.6 is 22.9 Å². The number of thiophene rings is 1. The largest absolute Gasteiger partial charge is 0.477 e. The summed E-state index contributed by atoms with van der Waals surface area (Å²) in [4.78, 5) is 29.1. The van der Waals surface area contributed by atoms with Crippen molar-refractivity contribution in [1.29, 1.82) is 0 Å². The van der Waals surface area contributed by atoms with E-state index < -0.39 is 11.9 Å². The van der Waals surface area contributed by atoms with Gasteiger partial charge in [0.05, 0.1) is 5.56 Å². The highest BCUT2D eigenvalue weighted by atomic mass is 35.5. The second-order valence-corrected chi connectivity index (χ2v) is 6.76. The van der Waals surface area contributed by atoms with E-state index in [2.05, 4.69) is 10.3 Å². The summed E-state index contributed by atoms with van der Waals surface area (Å²) in [6, 6.07) is 14.2. The molecule has 0 atom stereocenters. The van der Waals surface area contributed by atoms with E-state index in [9.17, 15) is 14.7 Å². The van der Waals surface area contributed by atoms with Gasteiger partial charge in [-0.15, -0.1) is 11.3 Å². The Labute approximate surface area is 158 Å². The first-order valence-corrected chi connectivity index (χ1v) is 8.75. The first-order valence-electron chi connectivity index (χ1n) is 7.55. The van der Waals surface area contributed by atoms with E-state index in [4.69, 9.17) is 11.6 Å². The fourth-order valence-electron chi connectivity index (χ4n) is 2.22. The predicted octanol–water partition coefficient (Wildman–Crippen LogP) is 4.32. The Bertz CT molecular complexity index is 983. The lowest BCUT2D eigenvalue weighted by Crippen LogP contribution is -2.27. The number of benzene rings is 1. The summed E-state index contributed by atoms with van der Waals surface area (Å²) in [5.41, 5.74) is 0.934. The normalized spacial score (nSPS) is 11.2. The summed E-state index contributed by atoms with van der Waals surface area (Å²) in [6.45, 7) is 0. The lowest BCUT2D eigenvalue weighted by atomic mass is 10.2. The number of carboxylic acids is 1. The summed E-state index contributed by atoms with van der Waals surface area (Å²) >= 11 is 7.58. The van der Waals surface area contributed by atoms with Gasteiger partial charge in [-0.2, -0.15) is 0 Å². The van der Waals surface area contributed by atoms with Crippen molar-refractivity contribution in [3.05, 3.63) is 82.1 Å². The van der Waals surface area contributed by atoms with Crippen LogP contribution in [0.25, 0.3) is 16.5 Å². The number of amides is 1. The molecule has 130 valence electrons. The average molecular weight is 385 g/mol. The number of pyridine rings is 1. The zero-order chi connectivity index (χ0) is 18.5. The minimum atomic E-state index is -1.23. The van der Waals surface area contributed by atoms with Gasteiger partial charge in [0, 0.05) is 32.7 Å². The van der Waals surface area contributed by atoms with Gasteiger partial charge < -0.3 is 10.4 Å². The molecule has 2 heterocycles. The average Bonchev–Trinajstić information content (AvgIpc) is 3.10. The summed E-state index contributed by atoms with van der Waals surface area (Å²) in [5, 5.41) is 12.4. The van der Waals surface area contributed by atoms with Gasteiger partial charge >= 0.3 is 5.97 Å². The third kappa shape index (κ3) is 4.17. The van der Waals surface area contributed by atoms with Crippen molar-refractivity contribution in [2.45, 2.75) is 0 Å². The van der Waals surface area contributed by atoms with Crippen LogP contribution in [0, 0.1) is 0 Å². The number of aromatic nitrogens is 1. The van der Waals surface area contributed by atoms with Crippen molar-refractivity contribution < 1.29 is 14.7 Å². The fourth-order valence-corrected chi connectivity index (χ4v) is 3.51. The lowest BCUT2D eigenvalue weighted by Gasteiger charge is -2.05. The minimum absolute atomic E-state index is 0.216. The second kappa shape index (κ2) is 7.95. The lowest BCUT2D eigenvalue weighted by molar-refractivity contribution is -0.132. The van der Waals surface area contributed by atoms with Crippen LogP contribution in [0.5, 0.6) is 0 Å². The first-order chi connectivity index (χ1) is 12.5. The van der Waals surface area contributed by atoms with Gasteiger partial charge in [0.15, 0.2) is 0 Å². The number of nitrogens with one attached hydrogen (secondary N) is 1. The number of carbonyl (C=O) groups is 2. The molecular formula is C19H13ClN2O3S. The van der Waals surface area contributed by atoms with E-state index in [1.165, 1.54) is 29.8 Å². The molecule has 1 amide bonds. The molecule has 2 aromatic heterocycles. The smallest absolute Gasteiger partial charge is 0.352 e. The Hall–Kier alpha value is -2.96. The first kappa shape index (κ1) is 17.8. The minimum Gasteiger partial charge on any atom is -0.477 e. The molecular weight excluding hydrogens is 372 g/mol. The third-order valence-electron chi connectivity index (χ3n) is 3.46. The topological polar surface area (TPSA) is 79.3 Å². The Kier molecular flexibility index (Phi) is 5.46. The Morgan fingerprint density at radius 3 is 2.62 bits per heavy atom. The Balaban J connectivity index is 1.85. The summed E-state index contributed by atoms with van der Waals surface area (Å²) in [7, 11) is 0. The highest BCUT2D eigenvalue weighted by Crippen LogP contribution is 2.33. The van der Waals surface area contributed by atoms with Gasteiger partial charge in [-0.05, 0) is 36.4 Å². The van der Waals surface area contributed by atoms with E-state index in [1.807, 2.05) is 24.3 Å². The summed E-state index contributed by atoms with van der Waals surface area (Å²) < 4.78 is 0. The maximum atomic E-state index is 12.2. The van der Waals surface area contributed by atoms with Gasteiger partial charge in [-0.25, -0.2) is 4.79 Å². The molecule has 2 N–H and O–H groups in total. The van der Waals surface area contributed by atoms with E-state index in [0.717, 1.165) is 10.4 Å². The quantitative estimate of drug-likeness (QED) is 0.642.